The van der Waals surface area contributed by atoms with Crippen LogP contribution in [0, 0.1) is 13.8 Å². The molecule has 2 heterocycles. The maximum Gasteiger partial charge on any atom is 0.0900 e. The first-order chi connectivity index (χ1) is 10.5. The van der Waals surface area contributed by atoms with Gasteiger partial charge in [0.15, 0.2) is 0 Å². The van der Waals surface area contributed by atoms with E-state index in [1.54, 1.807) is 0 Å². The Bertz CT molecular complexity index is 510. The molecule has 3 heteroatoms. The van der Waals surface area contributed by atoms with Crippen molar-refractivity contribution in [1.82, 2.24) is 9.80 Å². The van der Waals surface area contributed by atoms with Crippen molar-refractivity contribution >= 4 is 0 Å². The first-order valence-electron chi connectivity index (χ1n) is 8.77. The lowest BCUT2D eigenvalue weighted by Crippen LogP contribution is -2.53. The molecular weight excluding hydrogens is 272 g/mol. The standard InChI is InChI=1S/C19H30N2O/c1-16-6-7-18(17(2)12-16)13-21-11-5-8-19(22,15-21)14-20-9-3-4-10-20/h6-7,12,22H,3-5,8-11,13-15H2,1-2H3/t19-/m0/s1. The van der Waals surface area contributed by atoms with Crippen molar-refractivity contribution in [3.05, 3.63) is 34.9 Å². The Morgan fingerprint density at radius 3 is 2.50 bits per heavy atom. The van der Waals surface area contributed by atoms with Crippen molar-refractivity contribution in [3.8, 4) is 0 Å². The molecule has 0 unspecified atom stereocenters. The second kappa shape index (κ2) is 6.69. The Morgan fingerprint density at radius 1 is 1.05 bits per heavy atom. The van der Waals surface area contributed by atoms with Gasteiger partial charge in [-0.3, -0.25) is 4.90 Å². The lowest BCUT2D eigenvalue weighted by Gasteiger charge is -2.41. The van der Waals surface area contributed by atoms with Crippen LogP contribution < -0.4 is 0 Å². The van der Waals surface area contributed by atoms with Gasteiger partial charge in [0.2, 0.25) is 0 Å². The van der Waals surface area contributed by atoms with E-state index in [2.05, 4.69) is 41.8 Å². The molecule has 2 saturated heterocycles. The van der Waals surface area contributed by atoms with Gasteiger partial charge in [0.25, 0.3) is 0 Å². The van der Waals surface area contributed by atoms with Crippen LogP contribution in [0.3, 0.4) is 0 Å². The molecular formula is C19H30N2O. The molecule has 122 valence electrons. The van der Waals surface area contributed by atoms with Gasteiger partial charge in [-0.1, -0.05) is 23.8 Å². The number of nitrogens with zero attached hydrogens (tertiary/aromatic N) is 2. The quantitative estimate of drug-likeness (QED) is 0.926. The molecule has 22 heavy (non-hydrogen) atoms. The fourth-order valence-corrected chi connectivity index (χ4v) is 4.09. The molecule has 0 bridgehead atoms. The van der Waals surface area contributed by atoms with Crippen molar-refractivity contribution in [3.63, 3.8) is 0 Å². The summed E-state index contributed by atoms with van der Waals surface area (Å²) < 4.78 is 0. The van der Waals surface area contributed by atoms with Gasteiger partial charge >= 0.3 is 0 Å². The first kappa shape index (κ1) is 16.0. The average Bonchev–Trinajstić information content (AvgIpc) is 2.94. The molecule has 2 fully saturated rings. The molecule has 3 nitrogen and oxygen atoms in total. The molecule has 2 aliphatic rings. The summed E-state index contributed by atoms with van der Waals surface area (Å²) in [5.74, 6) is 0. The summed E-state index contributed by atoms with van der Waals surface area (Å²) in [4.78, 5) is 4.89. The Hall–Kier alpha value is -0.900. The summed E-state index contributed by atoms with van der Waals surface area (Å²) in [6.45, 7) is 10.4. The zero-order valence-corrected chi connectivity index (χ0v) is 14.1. The number of benzene rings is 1. The molecule has 2 aliphatic heterocycles. The molecule has 0 saturated carbocycles. The van der Waals surface area contributed by atoms with Crippen LogP contribution >= 0.6 is 0 Å². The highest BCUT2D eigenvalue weighted by Crippen LogP contribution is 2.26. The summed E-state index contributed by atoms with van der Waals surface area (Å²) >= 11 is 0. The minimum atomic E-state index is -0.513. The zero-order valence-electron chi connectivity index (χ0n) is 14.1. The van der Waals surface area contributed by atoms with Crippen LogP contribution in [0.15, 0.2) is 18.2 Å². The van der Waals surface area contributed by atoms with Crippen LogP contribution in [0.2, 0.25) is 0 Å². The maximum atomic E-state index is 11.0. The van der Waals surface area contributed by atoms with Crippen molar-refractivity contribution < 1.29 is 5.11 Å². The number of hydrogen-bond donors (Lipinski definition) is 1. The Balaban J connectivity index is 1.62. The summed E-state index contributed by atoms with van der Waals surface area (Å²) in [6.07, 6.45) is 4.65. The second-order valence-electron chi connectivity index (χ2n) is 7.45. The van der Waals surface area contributed by atoms with E-state index in [-0.39, 0.29) is 0 Å². The largest absolute Gasteiger partial charge is 0.387 e. The van der Waals surface area contributed by atoms with Crippen LogP contribution in [0.25, 0.3) is 0 Å². The minimum Gasteiger partial charge on any atom is -0.387 e. The van der Waals surface area contributed by atoms with Gasteiger partial charge in [-0.2, -0.15) is 0 Å². The molecule has 0 radical (unpaired) electrons. The normalized spacial score (nSPS) is 27.4. The van der Waals surface area contributed by atoms with E-state index in [1.165, 1.54) is 42.6 Å². The molecule has 1 atom stereocenters. The van der Waals surface area contributed by atoms with Gasteiger partial charge in [0.05, 0.1) is 5.60 Å². The first-order valence-corrected chi connectivity index (χ1v) is 8.77. The van der Waals surface area contributed by atoms with E-state index in [9.17, 15) is 5.11 Å². The Morgan fingerprint density at radius 2 is 1.77 bits per heavy atom. The van der Waals surface area contributed by atoms with Crippen molar-refractivity contribution in [2.24, 2.45) is 0 Å². The van der Waals surface area contributed by atoms with Crippen LogP contribution in [0.1, 0.15) is 42.4 Å². The second-order valence-corrected chi connectivity index (χ2v) is 7.45. The monoisotopic (exact) mass is 302 g/mol. The molecule has 0 aromatic heterocycles. The predicted molar refractivity (Wildman–Crippen MR) is 91.1 cm³/mol. The van der Waals surface area contributed by atoms with Gasteiger partial charge < -0.3 is 10.0 Å². The summed E-state index contributed by atoms with van der Waals surface area (Å²) in [6, 6.07) is 6.71. The van der Waals surface area contributed by atoms with Crippen LogP contribution in [-0.2, 0) is 6.54 Å². The summed E-state index contributed by atoms with van der Waals surface area (Å²) in [5, 5.41) is 11.0. The lowest BCUT2D eigenvalue weighted by atomic mass is 9.91. The molecule has 1 aromatic carbocycles. The zero-order chi connectivity index (χ0) is 15.6. The maximum absolute atomic E-state index is 11.0. The molecule has 3 rings (SSSR count). The Labute approximate surface area is 134 Å². The third-order valence-electron chi connectivity index (χ3n) is 5.24. The predicted octanol–water partition coefficient (Wildman–Crippen LogP) is 2.73. The van der Waals surface area contributed by atoms with Crippen LogP contribution in [-0.4, -0.2) is 53.2 Å². The van der Waals surface area contributed by atoms with E-state index < -0.39 is 5.60 Å². The highest BCUT2D eigenvalue weighted by molar-refractivity contribution is 5.30. The number of piperidine rings is 1. The highest BCUT2D eigenvalue weighted by atomic mass is 16.3. The van der Waals surface area contributed by atoms with Gasteiger partial charge in [0.1, 0.15) is 0 Å². The number of aryl methyl sites for hydroxylation is 2. The summed E-state index contributed by atoms with van der Waals surface area (Å²) in [7, 11) is 0. The number of hydrogen-bond acceptors (Lipinski definition) is 3. The fraction of sp³-hybridized carbons (Fsp3) is 0.684. The molecule has 0 aliphatic carbocycles. The van der Waals surface area contributed by atoms with E-state index in [1.807, 2.05) is 0 Å². The van der Waals surface area contributed by atoms with E-state index in [4.69, 9.17) is 0 Å². The van der Waals surface area contributed by atoms with E-state index >= 15 is 0 Å². The number of rotatable bonds is 4. The van der Waals surface area contributed by atoms with Crippen molar-refractivity contribution in [1.29, 1.82) is 0 Å². The van der Waals surface area contributed by atoms with Crippen LogP contribution in [0.5, 0.6) is 0 Å². The van der Waals surface area contributed by atoms with Gasteiger partial charge in [-0.05, 0) is 70.3 Å². The fourth-order valence-electron chi connectivity index (χ4n) is 4.09. The third kappa shape index (κ3) is 3.89. The molecule has 1 N–H and O–H groups in total. The van der Waals surface area contributed by atoms with Crippen molar-refractivity contribution in [2.45, 2.75) is 51.7 Å². The summed E-state index contributed by atoms with van der Waals surface area (Å²) in [5.41, 5.74) is 3.58. The van der Waals surface area contributed by atoms with E-state index in [0.717, 1.165) is 39.0 Å². The van der Waals surface area contributed by atoms with Gasteiger partial charge in [-0.25, -0.2) is 0 Å². The number of likely N-dealkylation sites (tertiary alicyclic amines) is 2. The van der Waals surface area contributed by atoms with E-state index in [0.29, 0.717) is 0 Å². The molecule has 0 spiro atoms. The topological polar surface area (TPSA) is 26.7 Å². The lowest BCUT2D eigenvalue weighted by molar-refractivity contribution is -0.0519. The minimum absolute atomic E-state index is 0.513. The number of aliphatic hydroxyl groups is 1. The number of β-amino-alcohol motifs (C(OH)–C–C–N with tert-alkyl or cyclic N) is 1. The highest BCUT2D eigenvalue weighted by Gasteiger charge is 2.35. The Kier molecular flexibility index (Phi) is 4.86. The molecule has 0 amide bonds. The van der Waals surface area contributed by atoms with Crippen molar-refractivity contribution in [2.75, 3.05) is 32.7 Å². The van der Waals surface area contributed by atoms with Crippen LogP contribution in [0.4, 0.5) is 0 Å². The van der Waals surface area contributed by atoms with Gasteiger partial charge in [-0.15, -0.1) is 0 Å². The SMILES string of the molecule is Cc1ccc(CN2CCC[C@](O)(CN3CCCC3)C2)c(C)c1. The molecule has 1 aromatic rings. The smallest absolute Gasteiger partial charge is 0.0900 e. The third-order valence-corrected chi connectivity index (χ3v) is 5.24. The van der Waals surface area contributed by atoms with Gasteiger partial charge in [0, 0.05) is 19.6 Å². The average molecular weight is 302 g/mol.